The summed E-state index contributed by atoms with van der Waals surface area (Å²) in [4.78, 5) is -0.162. The monoisotopic (exact) mass is 314 g/mol. The molecular formula is C13H12ClFN2O2S. The van der Waals surface area contributed by atoms with Crippen LogP contribution in [-0.2, 0) is 10.0 Å². The summed E-state index contributed by atoms with van der Waals surface area (Å²) in [6, 6.07) is 7.72. The normalized spacial score (nSPS) is 11.3. The van der Waals surface area contributed by atoms with E-state index in [2.05, 4.69) is 4.72 Å². The van der Waals surface area contributed by atoms with Crippen molar-refractivity contribution in [2.24, 2.45) is 0 Å². The number of nitrogen functional groups attached to an aromatic ring is 1. The molecule has 7 heteroatoms. The van der Waals surface area contributed by atoms with Crippen LogP contribution in [0.1, 0.15) is 5.56 Å². The summed E-state index contributed by atoms with van der Waals surface area (Å²) in [5, 5.41) is 0.243. The van der Waals surface area contributed by atoms with Gasteiger partial charge in [0.25, 0.3) is 10.0 Å². The molecule has 0 aliphatic carbocycles. The molecule has 106 valence electrons. The Morgan fingerprint density at radius 3 is 2.60 bits per heavy atom. The number of nitrogens with one attached hydrogen (secondary N) is 1. The summed E-state index contributed by atoms with van der Waals surface area (Å²) in [5.74, 6) is -0.625. The van der Waals surface area contributed by atoms with Gasteiger partial charge in [0, 0.05) is 0 Å². The molecule has 20 heavy (non-hydrogen) atoms. The van der Waals surface area contributed by atoms with Crippen molar-refractivity contribution >= 4 is 33.0 Å². The van der Waals surface area contributed by atoms with E-state index in [1.807, 2.05) is 0 Å². The number of sulfonamides is 1. The fraction of sp³-hybridized carbons (Fsp3) is 0.0769. The molecule has 0 spiro atoms. The molecule has 2 aromatic rings. The van der Waals surface area contributed by atoms with E-state index in [0.29, 0.717) is 16.9 Å². The van der Waals surface area contributed by atoms with Crippen molar-refractivity contribution in [3.8, 4) is 0 Å². The maximum absolute atomic E-state index is 13.1. The Kier molecular flexibility index (Phi) is 3.87. The lowest BCUT2D eigenvalue weighted by atomic mass is 10.2. The molecule has 0 aliphatic rings. The molecule has 0 aromatic heterocycles. The van der Waals surface area contributed by atoms with E-state index in [1.54, 1.807) is 13.0 Å². The number of rotatable bonds is 3. The number of hydrogen-bond donors (Lipinski definition) is 2. The van der Waals surface area contributed by atoms with Gasteiger partial charge in [-0.1, -0.05) is 17.7 Å². The zero-order valence-corrected chi connectivity index (χ0v) is 12.1. The van der Waals surface area contributed by atoms with Crippen molar-refractivity contribution in [1.29, 1.82) is 0 Å². The van der Waals surface area contributed by atoms with Crippen molar-refractivity contribution in [3.63, 3.8) is 0 Å². The van der Waals surface area contributed by atoms with Crippen LogP contribution in [0.5, 0.6) is 0 Å². The highest BCUT2D eigenvalue weighted by Crippen LogP contribution is 2.28. The molecule has 0 saturated carbocycles. The van der Waals surface area contributed by atoms with E-state index >= 15 is 0 Å². The van der Waals surface area contributed by atoms with Gasteiger partial charge in [0.1, 0.15) is 5.82 Å². The van der Waals surface area contributed by atoms with Gasteiger partial charge >= 0.3 is 0 Å². The van der Waals surface area contributed by atoms with Crippen LogP contribution in [0.3, 0.4) is 0 Å². The van der Waals surface area contributed by atoms with Crippen LogP contribution in [0, 0.1) is 12.7 Å². The Bertz CT molecular complexity index is 763. The number of aryl methyl sites for hydroxylation is 1. The fourth-order valence-corrected chi connectivity index (χ4v) is 2.97. The zero-order chi connectivity index (χ0) is 14.9. The van der Waals surface area contributed by atoms with Gasteiger partial charge < -0.3 is 5.73 Å². The lowest BCUT2D eigenvalue weighted by Crippen LogP contribution is -2.14. The van der Waals surface area contributed by atoms with Gasteiger partial charge in [-0.3, -0.25) is 4.72 Å². The average molecular weight is 315 g/mol. The van der Waals surface area contributed by atoms with E-state index < -0.39 is 15.8 Å². The highest BCUT2D eigenvalue weighted by atomic mass is 35.5. The van der Waals surface area contributed by atoms with Gasteiger partial charge in [-0.05, 0) is 42.8 Å². The predicted molar refractivity (Wildman–Crippen MR) is 77.8 cm³/mol. The van der Waals surface area contributed by atoms with Crippen LogP contribution in [-0.4, -0.2) is 8.42 Å². The molecule has 0 heterocycles. The summed E-state index contributed by atoms with van der Waals surface area (Å²) in [6.45, 7) is 1.69. The Morgan fingerprint density at radius 2 is 1.95 bits per heavy atom. The standard InChI is InChI=1S/C13H12ClFN2O2S/c1-8-5-12(16)11(14)7-13(8)17-20(18,19)10-4-2-3-9(15)6-10/h2-7,17H,16H2,1H3. The summed E-state index contributed by atoms with van der Waals surface area (Å²) in [6.07, 6.45) is 0. The molecular weight excluding hydrogens is 303 g/mol. The molecule has 0 aliphatic heterocycles. The van der Waals surface area contributed by atoms with E-state index in [4.69, 9.17) is 17.3 Å². The van der Waals surface area contributed by atoms with Crippen molar-refractivity contribution in [2.75, 3.05) is 10.5 Å². The first kappa shape index (κ1) is 14.6. The topological polar surface area (TPSA) is 72.2 Å². The lowest BCUT2D eigenvalue weighted by molar-refractivity contribution is 0.595. The number of benzene rings is 2. The van der Waals surface area contributed by atoms with Crippen LogP contribution in [0.15, 0.2) is 41.3 Å². The minimum Gasteiger partial charge on any atom is -0.398 e. The molecule has 0 radical (unpaired) electrons. The highest BCUT2D eigenvalue weighted by Gasteiger charge is 2.16. The van der Waals surface area contributed by atoms with E-state index in [1.165, 1.54) is 24.3 Å². The Hall–Kier alpha value is -1.79. The molecule has 0 saturated heterocycles. The van der Waals surface area contributed by atoms with Crippen LogP contribution in [0.2, 0.25) is 5.02 Å². The van der Waals surface area contributed by atoms with Crippen LogP contribution < -0.4 is 10.5 Å². The van der Waals surface area contributed by atoms with Crippen molar-refractivity contribution in [1.82, 2.24) is 0 Å². The first-order valence-corrected chi connectivity index (χ1v) is 7.50. The second kappa shape index (κ2) is 5.30. The Labute approximate surface area is 121 Å². The maximum Gasteiger partial charge on any atom is 0.262 e. The maximum atomic E-state index is 13.1. The third kappa shape index (κ3) is 3.02. The van der Waals surface area contributed by atoms with Crippen LogP contribution in [0.4, 0.5) is 15.8 Å². The Balaban J connectivity index is 2.41. The molecule has 0 fully saturated rings. The first-order valence-electron chi connectivity index (χ1n) is 5.63. The number of halogens is 2. The average Bonchev–Trinajstić information content (AvgIpc) is 2.36. The summed E-state index contributed by atoms with van der Waals surface area (Å²) < 4.78 is 39.8. The second-order valence-corrected chi connectivity index (χ2v) is 6.34. The number of anilines is 2. The van der Waals surface area contributed by atoms with Gasteiger partial charge in [-0.2, -0.15) is 0 Å². The third-order valence-electron chi connectivity index (χ3n) is 2.69. The minimum atomic E-state index is -3.88. The fourth-order valence-electron chi connectivity index (χ4n) is 1.65. The zero-order valence-electron chi connectivity index (χ0n) is 10.5. The van der Waals surface area contributed by atoms with Crippen LogP contribution in [0.25, 0.3) is 0 Å². The lowest BCUT2D eigenvalue weighted by Gasteiger charge is -2.12. The predicted octanol–water partition coefficient (Wildman–Crippen LogP) is 3.17. The summed E-state index contributed by atoms with van der Waals surface area (Å²) >= 11 is 5.87. The van der Waals surface area contributed by atoms with Crippen LogP contribution >= 0.6 is 11.6 Å². The van der Waals surface area contributed by atoms with Crippen molar-refractivity contribution in [3.05, 3.63) is 52.8 Å². The van der Waals surface area contributed by atoms with Gasteiger partial charge in [0.05, 0.1) is 21.3 Å². The first-order chi connectivity index (χ1) is 9.29. The molecule has 4 nitrogen and oxygen atoms in total. The van der Waals surface area contributed by atoms with E-state index in [-0.39, 0.29) is 9.92 Å². The number of hydrogen-bond acceptors (Lipinski definition) is 3. The molecule has 0 amide bonds. The number of nitrogens with two attached hydrogens (primary N) is 1. The molecule has 2 rings (SSSR count). The second-order valence-electron chi connectivity index (χ2n) is 4.25. The molecule has 3 N–H and O–H groups in total. The molecule has 0 unspecified atom stereocenters. The van der Waals surface area contributed by atoms with Gasteiger partial charge in [-0.25, -0.2) is 12.8 Å². The van der Waals surface area contributed by atoms with Gasteiger partial charge in [0.15, 0.2) is 0 Å². The quantitative estimate of drug-likeness (QED) is 0.855. The molecule has 2 aromatic carbocycles. The molecule has 0 atom stereocenters. The van der Waals surface area contributed by atoms with E-state index in [9.17, 15) is 12.8 Å². The SMILES string of the molecule is Cc1cc(N)c(Cl)cc1NS(=O)(=O)c1cccc(F)c1. The minimum absolute atomic E-state index is 0.162. The third-order valence-corrected chi connectivity index (χ3v) is 4.38. The smallest absolute Gasteiger partial charge is 0.262 e. The molecule has 0 bridgehead atoms. The van der Waals surface area contributed by atoms with Crippen molar-refractivity contribution < 1.29 is 12.8 Å². The Morgan fingerprint density at radius 1 is 1.25 bits per heavy atom. The summed E-state index contributed by atoms with van der Waals surface area (Å²) in [5.41, 5.74) is 6.90. The van der Waals surface area contributed by atoms with Gasteiger partial charge in [-0.15, -0.1) is 0 Å². The highest BCUT2D eigenvalue weighted by molar-refractivity contribution is 7.92. The van der Waals surface area contributed by atoms with Crippen molar-refractivity contribution in [2.45, 2.75) is 11.8 Å². The van der Waals surface area contributed by atoms with E-state index in [0.717, 1.165) is 6.07 Å². The summed E-state index contributed by atoms with van der Waals surface area (Å²) in [7, 11) is -3.88. The van der Waals surface area contributed by atoms with Gasteiger partial charge in [0.2, 0.25) is 0 Å². The largest absolute Gasteiger partial charge is 0.398 e.